The normalized spacial score (nSPS) is 29.0. The zero-order valence-corrected chi connectivity index (χ0v) is 17.9. The first-order valence-corrected chi connectivity index (χ1v) is 10.3. The van der Waals surface area contributed by atoms with Gasteiger partial charge in [0.15, 0.2) is 5.11 Å². The van der Waals surface area contributed by atoms with Crippen LogP contribution in [0.1, 0.15) is 45.6 Å². The minimum Gasteiger partial charge on any atom is -0.487 e. The lowest BCUT2D eigenvalue weighted by Crippen LogP contribution is -2.41. The van der Waals surface area contributed by atoms with E-state index >= 15 is 0 Å². The Bertz CT molecular complexity index is 726. The molecule has 2 aliphatic rings. The number of nitrogens with one attached hydrogen (secondary N) is 2. The maximum Gasteiger partial charge on any atom is 0.166 e. The van der Waals surface area contributed by atoms with Gasteiger partial charge >= 0.3 is 0 Å². The fourth-order valence-electron chi connectivity index (χ4n) is 4.11. The summed E-state index contributed by atoms with van der Waals surface area (Å²) in [5, 5.41) is 7.47. The van der Waals surface area contributed by atoms with Crippen LogP contribution in [-0.4, -0.2) is 29.0 Å². The predicted molar refractivity (Wildman–Crippen MR) is 114 cm³/mol. The topological polar surface area (TPSA) is 42.5 Å². The van der Waals surface area contributed by atoms with Crippen molar-refractivity contribution in [3.63, 3.8) is 0 Å². The standard InChI is InChI=1S/C21H29ClN2O2S/c1-5-11-23-19(27)24-13-15-16(22)7-6-8-17(15)25-18-12-21(14(2)3)10-9-20(18,4)26-21/h5-8,14,18H,1,9-13H2,2-4H3,(H2,23,24,27)/t18-,20+,21+/m1/s1. The molecule has 0 spiro atoms. The molecule has 0 aliphatic carbocycles. The molecule has 0 aromatic heterocycles. The summed E-state index contributed by atoms with van der Waals surface area (Å²) in [4.78, 5) is 0. The molecule has 0 unspecified atom stereocenters. The molecule has 6 heteroatoms. The molecule has 1 aromatic rings. The van der Waals surface area contributed by atoms with Crippen molar-refractivity contribution in [3.8, 4) is 5.75 Å². The third-order valence-electron chi connectivity index (χ3n) is 5.92. The number of hydrogen-bond donors (Lipinski definition) is 2. The fraction of sp³-hybridized carbons (Fsp3) is 0.571. The number of ether oxygens (including phenoxy) is 2. The van der Waals surface area contributed by atoms with Gasteiger partial charge in [-0.3, -0.25) is 0 Å². The maximum atomic E-state index is 6.49. The highest BCUT2D eigenvalue weighted by Gasteiger charge is 2.61. The van der Waals surface area contributed by atoms with Gasteiger partial charge < -0.3 is 20.1 Å². The van der Waals surface area contributed by atoms with Crippen molar-refractivity contribution in [1.82, 2.24) is 10.6 Å². The number of hydrogen-bond acceptors (Lipinski definition) is 3. The van der Waals surface area contributed by atoms with Crippen LogP contribution < -0.4 is 15.4 Å². The molecule has 2 fully saturated rings. The second-order valence-electron chi connectivity index (χ2n) is 8.01. The van der Waals surface area contributed by atoms with Gasteiger partial charge in [0.05, 0.1) is 5.60 Å². The van der Waals surface area contributed by atoms with E-state index in [1.54, 1.807) is 6.08 Å². The molecule has 0 radical (unpaired) electrons. The maximum absolute atomic E-state index is 6.49. The van der Waals surface area contributed by atoms with Gasteiger partial charge in [-0.05, 0) is 50.0 Å². The molecule has 2 N–H and O–H groups in total. The summed E-state index contributed by atoms with van der Waals surface area (Å²) < 4.78 is 13.0. The number of rotatable bonds is 7. The van der Waals surface area contributed by atoms with Crippen LogP contribution in [0, 0.1) is 5.92 Å². The average molecular weight is 409 g/mol. The number of halogens is 1. The highest BCUT2D eigenvalue weighted by molar-refractivity contribution is 7.80. The molecule has 2 bridgehead atoms. The van der Waals surface area contributed by atoms with Crippen molar-refractivity contribution in [2.45, 2.75) is 63.9 Å². The molecule has 4 nitrogen and oxygen atoms in total. The molecule has 2 aliphatic heterocycles. The van der Waals surface area contributed by atoms with Crippen LogP contribution in [0.2, 0.25) is 5.02 Å². The minimum atomic E-state index is -0.238. The second kappa shape index (κ2) is 7.98. The number of benzene rings is 1. The SMILES string of the molecule is C=CCNC(=S)NCc1c(Cl)cccc1O[C@@H]1C[C@]2(C(C)C)CC[C@]1(C)O2. The average Bonchev–Trinajstić information content (AvgIpc) is 3.12. The predicted octanol–water partition coefficient (Wildman–Crippen LogP) is 4.61. The van der Waals surface area contributed by atoms with Gasteiger partial charge in [-0.25, -0.2) is 0 Å². The largest absolute Gasteiger partial charge is 0.487 e. The third kappa shape index (κ3) is 4.10. The lowest BCUT2D eigenvalue weighted by Gasteiger charge is -2.32. The summed E-state index contributed by atoms with van der Waals surface area (Å²) in [6.07, 6.45) is 4.84. The van der Waals surface area contributed by atoms with Gasteiger partial charge in [-0.15, -0.1) is 6.58 Å². The van der Waals surface area contributed by atoms with Crippen molar-refractivity contribution in [2.75, 3.05) is 6.54 Å². The Morgan fingerprint density at radius 1 is 1.44 bits per heavy atom. The summed E-state index contributed by atoms with van der Waals surface area (Å²) in [6, 6.07) is 5.77. The molecule has 27 heavy (non-hydrogen) atoms. The Kier molecular flexibility index (Phi) is 6.04. The first-order valence-electron chi connectivity index (χ1n) is 9.56. The zero-order valence-electron chi connectivity index (χ0n) is 16.3. The smallest absolute Gasteiger partial charge is 0.166 e. The van der Waals surface area contributed by atoms with Gasteiger partial charge in [-0.1, -0.05) is 37.6 Å². The summed E-state index contributed by atoms with van der Waals surface area (Å²) in [5.41, 5.74) is 0.608. The molecule has 3 atom stereocenters. The molecule has 1 aromatic carbocycles. The van der Waals surface area contributed by atoms with Gasteiger partial charge in [0.25, 0.3) is 0 Å². The van der Waals surface area contributed by atoms with E-state index in [9.17, 15) is 0 Å². The van der Waals surface area contributed by atoms with E-state index in [1.807, 2.05) is 18.2 Å². The Hall–Kier alpha value is -1.30. The minimum absolute atomic E-state index is 0.0247. The molecular formula is C21H29ClN2O2S. The van der Waals surface area contributed by atoms with Crippen LogP contribution in [0.3, 0.4) is 0 Å². The monoisotopic (exact) mass is 408 g/mol. The molecule has 2 heterocycles. The summed E-state index contributed by atoms with van der Waals surface area (Å²) >= 11 is 11.7. The fourth-order valence-corrected chi connectivity index (χ4v) is 4.49. The van der Waals surface area contributed by atoms with Crippen molar-refractivity contribution in [1.29, 1.82) is 0 Å². The van der Waals surface area contributed by atoms with Crippen LogP contribution in [0.4, 0.5) is 0 Å². The van der Waals surface area contributed by atoms with Crippen LogP contribution >= 0.6 is 23.8 Å². The highest BCUT2D eigenvalue weighted by atomic mass is 35.5. The van der Waals surface area contributed by atoms with Crippen molar-refractivity contribution >= 4 is 28.9 Å². The summed E-state index contributed by atoms with van der Waals surface area (Å²) in [7, 11) is 0. The van der Waals surface area contributed by atoms with Crippen molar-refractivity contribution in [2.24, 2.45) is 5.92 Å². The lowest BCUT2D eigenvalue weighted by atomic mass is 9.75. The number of thiocarbonyl (C=S) groups is 1. The Morgan fingerprint density at radius 3 is 2.89 bits per heavy atom. The van der Waals surface area contributed by atoms with Crippen molar-refractivity contribution < 1.29 is 9.47 Å². The van der Waals surface area contributed by atoms with Gasteiger partial charge in [0.1, 0.15) is 17.5 Å². The van der Waals surface area contributed by atoms with E-state index in [2.05, 4.69) is 38.0 Å². The Labute approximate surface area is 172 Å². The molecule has 148 valence electrons. The molecule has 0 saturated carbocycles. The summed E-state index contributed by atoms with van der Waals surface area (Å²) in [5.74, 6) is 1.27. The molecule has 2 saturated heterocycles. The van der Waals surface area contributed by atoms with E-state index in [4.69, 9.17) is 33.3 Å². The van der Waals surface area contributed by atoms with Crippen molar-refractivity contribution in [3.05, 3.63) is 41.4 Å². The Balaban J connectivity index is 1.73. The van der Waals surface area contributed by atoms with E-state index in [1.165, 1.54) is 0 Å². The second-order valence-corrected chi connectivity index (χ2v) is 8.83. The van der Waals surface area contributed by atoms with Crippen LogP contribution in [0.25, 0.3) is 0 Å². The van der Waals surface area contributed by atoms with Crippen LogP contribution in [-0.2, 0) is 11.3 Å². The zero-order chi connectivity index (χ0) is 19.7. The first kappa shape index (κ1) is 20.4. The highest BCUT2D eigenvalue weighted by Crippen LogP contribution is 2.55. The van der Waals surface area contributed by atoms with Gasteiger partial charge in [-0.2, -0.15) is 0 Å². The van der Waals surface area contributed by atoms with E-state index < -0.39 is 0 Å². The van der Waals surface area contributed by atoms with Crippen LogP contribution in [0.15, 0.2) is 30.9 Å². The van der Waals surface area contributed by atoms with Gasteiger partial charge in [0.2, 0.25) is 0 Å². The van der Waals surface area contributed by atoms with Gasteiger partial charge in [0, 0.05) is 30.1 Å². The van der Waals surface area contributed by atoms with Crippen LogP contribution in [0.5, 0.6) is 5.75 Å². The molecule has 0 amide bonds. The Morgan fingerprint density at radius 2 is 2.22 bits per heavy atom. The summed E-state index contributed by atoms with van der Waals surface area (Å²) in [6.45, 7) is 11.4. The van der Waals surface area contributed by atoms with E-state index in [0.29, 0.717) is 29.1 Å². The molecule has 3 rings (SSSR count). The van der Waals surface area contributed by atoms with E-state index in [-0.39, 0.29) is 17.3 Å². The molecular weight excluding hydrogens is 380 g/mol. The number of fused-ring (bicyclic) bond motifs is 2. The lowest BCUT2D eigenvalue weighted by molar-refractivity contribution is -0.0770. The third-order valence-corrected chi connectivity index (χ3v) is 6.57. The quantitative estimate of drug-likeness (QED) is 0.509. The first-order chi connectivity index (χ1) is 12.8. The van der Waals surface area contributed by atoms with E-state index in [0.717, 1.165) is 30.6 Å².